The highest BCUT2D eigenvalue weighted by Crippen LogP contribution is 2.39. The van der Waals surface area contributed by atoms with Crippen molar-refractivity contribution in [3.63, 3.8) is 0 Å². The van der Waals surface area contributed by atoms with Crippen LogP contribution in [0.5, 0.6) is 17.2 Å². The minimum absolute atomic E-state index is 0.0543. The first-order chi connectivity index (χ1) is 15.2. The summed E-state index contributed by atoms with van der Waals surface area (Å²) < 4.78 is 43.7. The Labute approximate surface area is 187 Å². The van der Waals surface area contributed by atoms with Crippen LogP contribution in [0.25, 0.3) is 10.9 Å². The molecule has 0 unspecified atom stereocenters. The van der Waals surface area contributed by atoms with Crippen LogP contribution in [0.2, 0.25) is 0 Å². The van der Waals surface area contributed by atoms with Crippen LogP contribution in [-0.4, -0.2) is 52.6 Å². The predicted octanol–water partition coefficient (Wildman–Crippen LogP) is 3.11. The van der Waals surface area contributed by atoms with E-state index in [1.807, 2.05) is 29.8 Å². The highest BCUT2D eigenvalue weighted by Gasteiger charge is 2.24. The number of benzene rings is 2. The van der Waals surface area contributed by atoms with E-state index in [0.717, 1.165) is 5.52 Å². The Hall–Kier alpha value is -3.40. The number of hydrogen-bond donors (Lipinski definition) is 2. The average Bonchev–Trinajstić information content (AvgIpc) is 3.03. The molecule has 0 aliphatic carbocycles. The van der Waals surface area contributed by atoms with Crippen LogP contribution in [0.1, 0.15) is 5.69 Å². The van der Waals surface area contributed by atoms with Crippen molar-refractivity contribution in [2.75, 3.05) is 38.9 Å². The number of hydrogen-bond acceptors (Lipinski definition) is 6. The molecule has 0 aliphatic rings. The van der Waals surface area contributed by atoms with E-state index >= 15 is 0 Å². The molecule has 1 heterocycles. The fourth-order valence-corrected chi connectivity index (χ4v) is 5.28. The number of rotatable bonds is 8. The fourth-order valence-electron chi connectivity index (χ4n) is 3.61. The Morgan fingerprint density at radius 2 is 1.66 bits per heavy atom. The second kappa shape index (κ2) is 9.39. The first-order valence-electron chi connectivity index (χ1n) is 9.85. The van der Waals surface area contributed by atoms with E-state index in [0.29, 0.717) is 38.9 Å². The van der Waals surface area contributed by atoms with Crippen LogP contribution in [0.4, 0.5) is 10.5 Å². The molecule has 0 aliphatic heterocycles. The molecule has 0 spiro atoms. The van der Waals surface area contributed by atoms with E-state index in [2.05, 4.69) is 10.6 Å². The normalized spacial score (nSPS) is 11.3. The summed E-state index contributed by atoms with van der Waals surface area (Å²) in [5, 5.41) is 5.91. The van der Waals surface area contributed by atoms with Crippen LogP contribution < -0.4 is 24.8 Å². The molecule has 9 nitrogen and oxygen atoms in total. The second-order valence-electron chi connectivity index (χ2n) is 7.10. The minimum atomic E-state index is -3.62. The van der Waals surface area contributed by atoms with Crippen molar-refractivity contribution in [2.24, 2.45) is 7.05 Å². The Morgan fingerprint density at radius 1 is 1.03 bits per heavy atom. The maximum Gasteiger partial charge on any atom is 0.319 e. The first-order valence-corrected chi connectivity index (χ1v) is 11.5. The zero-order chi connectivity index (χ0) is 23.5. The van der Waals surface area contributed by atoms with Crippen molar-refractivity contribution in [1.29, 1.82) is 0 Å². The summed E-state index contributed by atoms with van der Waals surface area (Å²) in [7, 11) is 2.65. The summed E-state index contributed by atoms with van der Waals surface area (Å²) in [5.41, 5.74) is 1.91. The van der Waals surface area contributed by atoms with Crippen molar-refractivity contribution >= 4 is 32.5 Å². The van der Waals surface area contributed by atoms with Gasteiger partial charge >= 0.3 is 6.03 Å². The molecule has 1 aromatic heterocycles. The number of nitrogens with zero attached hydrogens (tertiary/aromatic N) is 1. The fraction of sp³-hybridized carbons (Fsp3) is 0.318. The lowest BCUT2D eigenvalue weighted by Crippen LogP contribution is -2.33. The average molecular weight is 462 g/mol. The van der Waals surface area contributed by atoms with Gasteiger partial charge in [0.2, 0.25) is 5.75 Å². The number of ether oxygens (including phenoxy) is 3. The van der Waals surface area contributed by atoms with E-state index in [-0.39, 0.29) is 12.3 Å². The smallest absolute Gasteiger partial charge is 0.319 e. The van der Waals surface area contributed by atoms with Gasteiger partial charge in [-0.2, -0.15) is 0 Å². The molecule has 0 fully saturated rings. The van der Waals surface area contributed by atoms with Gasteiger partial charge in [0, 0.05) is 42.3 Å². The standard InChI is InChI=1S/C22H27N3O6S/c1-14-21(16-8-6-7-9-17(16)25(14)2)32(27,28)11-10-23-22(26)24-15-12-18(29-3)20(31-5)19(13-15)30-4/h6-9,12-13H,10-11H2,1-5H3,(H2,23,24,26). The molecule has 2 N–H and O–H groups in total. The largest absolute Gasteiger partial charge is 0.493 e. The highest BCUT2D eigenvalue weighted by atomic mass is 32.2. The molecule has 172 valence electrons. The molecule has 0 bridgehead atoms. The Balaban J connectivity index is 1.70. The van der Waals surface area contributed by atoms with E-state index in [4.69, 9.17) is 14.2 Å². The van der Waals surface area contributed by atoms with Crippen molar-refractivity contribution in [3.05, 3.63) is 42.1 Å². The highest BCUT2D eigenvalue weighted by molar-refractivity contribution is 7.91. The summed E-state index contributed by atoms with van der Waals surface area (Å²) in [6, 6.07) is 9.96. The third-order valence-corrected chi connectivity index (χ3v) is 7.11. The zero-order valence-electron chi connectivity index (χ0n) is 18.7. The van der Waals surface area contributed by atoms with Gasteiger partial charge in [-0.05, 0) is 13.0 Å². The van der Waals surface area contributed by atoms with Crippen LogP contribution in [0, 0.1) is 6.92 Å². The maximum absolute atomic E-state index is 13.0. The number of anilines is 1. The second-order valence-corrected chi connectivity index (χ2v) is 9.15. The molecule has 0 saturated heterocycles. The maximum atomic E-state index is 13.0. The number of aromatic nitrogens is 1. The van der Waals surface area contributed by atoms with Crippen LogP contribution in [0.3, 0.4) is 0 Å². The predicted molar refractivity (Wildman–Crippen MR) is 123 cm³/mol. The van der Waals surface area contributed by atoms with Gasteiger partial charge in [-0.3, -0.25) is 0 Å². The van der Waals surface area contributed by atoms with E-state index in [1.54, 1.807) is 25.1 Å². The van der Waals surface area contributed by atoms with Gasteiger partial charge in [0.15, 0.2) is 21.3 Å². The molecule has 10 heteroatoms. The van der Waals surface area contributed by atoms with Gasteiger partial charge < -0.3 is 29.4 Å². The van der Waals surface area contributed by atoms with Gasteiger partial charge in [-0.15, -0.1) is 0 Å². The first kappa shape index (κ1) is 23.3. The molecule has 3 aromatic rings. The number of methoxy groups -OCH3 is 3. The topological polar surface area (TPSA) is 108 Å². The van der Waals surface area contributed by atoms with Crippen molar-refractivity contribution in [3.8, 4) is 17.2 Å². The lowest BCUT2D eigenvalue weighted by Gasteiger charge is -2.15. The summed E-state index contributed by atoms with van der Waals surface area (Å²) in [6.07, 6.45) is 0. The Kier molecular flexibility index (Phi) is 6.83. The van der Waals surface area contributed by atoms with E-state index < -0.39 is 15.9 Å². The molecule has 2 aromatic carbocycles. The molecule has 0 saturated carbocycles. The third-order valence-electron chi connectivity index (χ3n) is 5.23. The monoisotopic (exact) mass is 461 g/mol. The molecule has 0 radical (unpaired) electrons. The number of fused-ring (bicyclic) bond motifs is 1. The Morgan fingerprint density at radius 3 is 2.25 bits per heavy atom. The van der Waals surface area contributed by atoms with Gasteiger partial charge in [0.25, 0.3) is 0 Å². The molecular weight excluding hydrogens is 434 g/mol. The summed E-state index contributed by atoms with van der Waals surface area (Å²) in [6.45, 7) is 1.72. The quantitative estimate of drug-likeness (QED) is 0.534. The van der Waals surface area contributed by atoms with Gasteiger partial charge in [-0.1, -0.05) is 18.2 Å². The summed E-state index contributed by atoms with van der Waals surface area (Å²) in [5.74, 6) is 0.940. The lowest BCUT2D eigenvalue weighted by atomic mass is 10.2. The Bertz CT molecular complexity index is 1230. The molecule has 0 atom stereocenters. The number of amides is 2. The minimum Gasteiger partial charge on any atom is -0.493 e. The van der Waals surface area contributed by atoms with Crippen molar-refractivity contribution in [2.45, 2.75) is 11.8 Å². The number of urea groups is 1. The zero-order valence-corrected chi connectivity index (χ0v) is 19.5. The van der Waals surface area contributed by atoms with Gasteiger partial charge in [0.05, 0.1) is 37.7 Å². The van der Waals surface area contributed by atoms with Crippen molar-refractivity contribution < 1.29 is 27.4 Å². The van der Waals surface area contributed by atoms with E-state index in [1.165, 1.54) is 21.3 Å². The SMILES string of the molecule is COc1cc(NC(=O)NCCS(=O)(=O)c2c(C)n(C)c3ccccc23)cc(OC)c1OC. The molecule has 32 heavy (non-hydrogen) atoms. The molecule has 2 amide bonds. The van der Waals surface area contributed by atoms with Crippen LogP contribution in [0.15, 0.2) is 41.3 Å². The number of sulfone groups is 1. The number of carbonyl (C=O) groups is 1. The number of nitrogens with one attached hydrogen (secondary N) is 2. The number of carbonyl (C=O) groups excluding carboxylic acids is 1. The summed E-state index contributed by atoms with van der Waals surface area (Å²) in [4.78, 5) is 12.6. The van der Waals surface area contributed by atoms with Crippen molar-refractivity contribution in [1.82, 2.24) is 9.88 Å². The van der Waals surface area contributed by atoms with E-state index in [9.17, 15) is 13.2 Å². The molecule has 3 rings (SSSR count). The lowest BCUT2D eigenvalue weighted by molar-refractivity contribution is 0.252. The number of aryl methyl sites for hydroxylation is 1. The van der Waals surface area contributed by atoms with Crippen LogP contribution >= 0.6 is 0 Å². The van der Waals surface area contributed by atoms with Crippen LogP contribution in [-0.2, 0) is 16.9 Å². The summed E-state index contributed by atoms with van der Waals surface area (Å²) >= 11 is 0. The van der Waals surface area contributed by atoms with Gasteiger partial charge in [0.1, 0.15) is 0 Å². The van der Waals surface area contributed by atoms with Gasteiger partial charge in [-0.25, -0.2) is 13.2 Å². The molecular formula is C22H27N3O6S. The number of para-hydroxylation sites is 1. The third kappa shape index (κ3) is 4.45.